The van der Waals surface area contributed by atoms with Gasteiger partial charge in [-0.2, -0.15) is 4.31 Å². The van der Waals surface area contributed by atoms with Gasteiger partial charge in [0.15, 0.2) is 5.58 Å². The molecule has 31 heavy (non-hydrogen) atoms. The predicted octanol–water partition coefficient (Wildman–Crippen LogP) is 3.19. The number of benzene rings is 2. The first-order valence-corrected chi connectivity index (χ1v) is 11.8. The van der Waals surface area contributed by atoms with Crippen LogP contribution in [0.3, 0.4) is 0 Å². The number of hydrogen-bond donors (Lipinski definition) is 1. The Balaban J connectivity index is 1.47. The van der Waals surface area contributed by atoms with E-state index in [0.29, 0.717) is 23.3 Å². The van der Waals surface area contributed by atoms with Gasteiger partial charge in [0.05, 0.1) is 10.4 Å². The molecule has 1 aromatic heterocycles. The van der Waals surface area contributed by atoms with Crippen LogP contribution in [0.2, 0.25) is 0 Å². The number of fused-ring (bicyclic) bond motifs is 1. The Hall–Kier alpha value is -2.91. The zero-order valence-electron chi connectivity index (χ0n) is 17.3. The molecule has 1 atom stereocenters. The number of nitrogens with zero attached hydrogens (tertiary/aromatic N) is 2. The zero-order chi connectivity index (χ0) is 22.0. The summed E-state index contributed by atoms with van der Waals surface area (Å²) in [6.45, 7) is 2.33. The van der Waals surface area contributed by atoms with Crippen molar-refractivity contribution in [2.75, 3.05) is 11.9 Å². The summed E-state index contributed by atoms with van der Waals surface area (Å²) in [5.41, 5.74) is 1.41. The second kappa shape index (κ2) is 8.68. The molecule has 4 rings (SSSR count). The van der Waals surface area contributed by atoms with Gasteiger partial charge < -0.3 is 9.73 Å². The van der Waals surface area contributed by atoms with Gasteiger partial charge in [0, 0.05) is 18.3 Å². The molecule has 0 unspecified atom stereocenters. The third-order valence-corrected chi connectivity index (χ3v) is 7.63. The number of piperidine rings is 1. The lowest BCUT2D eigenvalue weighted by atomic mass is 10.0. The minimum absolute atomic E-state index is 0.0289. The predicted molar refractivity (Wildman–Crippen MR) is 117 cm³/mol. The van der Waals surface area contributed by atoms with Gasteiger partial charge in [-0.1, -0.05) is 25.5 Å². The van der Waals surface area contributed by atoms with Crippen molar-refractivity contribution in [3.05, 3.63) is 59.1 Å². The fourth-order valence-electron chi connectivity index (χ4n) is 4.05. The molecule has 8 nitrogen and oxygen atoms in total. The number of carbonyl (C=O) groups excluding carboxylic acids is 1. The van der Waals surface area contributed by atoms with E-state index < -0.39 is 21.7 Å². The Kier molecular flexibility index (Phi) is 5.97. The maximum atomic E-state index is 13.1. The lowest BCUT2D eigenvalue weighted by molar-refractivity contribution is -0.116. The highest BCUT2D eigenvalue weighted by molar-refractivity contribution is 7.89. The third kappa shape index (κ3) is 4.28. The average Bonchev–Trinajstić information content (AvgIpc) is 3.09. The van der Waals surface area contributed by atoms with Crippen molar-refractivity contribution in [2.24, 2.45) is 0 Å². The monoisotopic (exact) mass is 443 g/mol. The molecule has 164 valence electrons. The number of amides is 1. The summed E-state index contributed by atoms with van der Waals surface area (Å²) in [6.07, 6.45) is 3.58. The van der Waals surface area contributed by atoms with Gasteiger partial charge in [0.25, 0.3) is 0 Å². The van der Waals surface area contributed by atoms with Gasteiger partial charge in [-0.15, -0.1) is 0 Å². The Morgan fingerprint density at radius 2 is 1.87 bits per heavy atom. The Labute approximate surface area is 180 Å². The van der Waals surface area contributed by atoms with Crippen molar-refractivity contribution < 1.29 is 17.6 Å². The van der Waals surface area contributed by atoms with E-state index in [9.17, 15) is 18.0 Å². The van der Waals surface area contributed by atoms with E-state index in [0.717, 1.165) is 25.7 Å². The summed E-state index contributed by atoms with van der Waals surface area (Å²) in [7, 11) is -3.58. The number of rotatable bonds is 6. The summed E-state index contributed by atoms with van der Waals surface area (Å²) < 4.78 is 34.1. The number of anilines is 1. The molecule has 0 spiro atoms. The van der Waals surface area contributed by atoms with E-state index in [-0.39, 0.29) is 17.5 Å². The summed E-state index contributed by atoms with van der Waals surface area (Å²) in [6, 6.07) is 13.0. The second-order valence-electron chi connectivity index (χ2n) is 7.67. The van der Waals surface area contributed by atoms with Crippen LogP contribution >= 0.6 is 0 Å². The number of para-hydroxylation sites is 2. The van der Waals surface area contributed by atoms with Crippen LogP contribution in [-0.4, -0.2) is 35.8 Å². The van der Waals surface area contributed by atoms with Crippen LogP contribution in [0.1, 0.15) is 32.6 Å². The van der Waals surface area contributed by atoms with Gasteiger partial charge >= 0.3 is 5.76 Å². The first-order valence-electron chi connectivity index (χ1n) is 10.4. The van der Waals surface area contributed by atoms with Crippen LogP contribution in [0, 0.1) is 0 Å². The second-order valence-corrected chi connectivity index (χ2v) is 9.56. The van der Waals surface area contributed by atoms with Gasteiger partial charge in [-0.05, 0) is 55.7 Å². The molecule has 0 bridgehead atoms. The quantitative estimate of drug-likeness (QED) is 0.630. The molecule has 1 aliphatic heterocycles. The van der Waals surface area contributed by atoms with Gasteiger partial charge in [0.2, 0.25) is 15.9 Å². The Bertz CT molecular complexity index is 1240. The molecule has 1 fully saturated rings. The molecular weight excluding hydrogens is 418 g/mol. The largest absolute Gasteiger partial charge is 0.420 e. The molecule has 9 heteroatoms. The minimum atomic E-state index is -3.58. The smallest absolute Gasteiger partial charge is 0.408 e. The van der Waals surface area contributed by atoms with Crippen LogP contribution in [0.5, 0.6) is 0 Å². The normalized spacial score (nSPS) is 17.6. The van der Waals surface area contributed by atoms with Crippen molar-refractivity contribution in [3.63, 3.8) is 0 Å². The maximum Gasteiger partial charge on any atom is 0.420 e. The lowest BCUT2D eigenvalue weighted by Crippen LogP contribution is -2.43. The molecule has 3 aromatic rings. The Morgan fingerprint density at radius 1 is 1.13 bits per heavy atom. The summed E-state index contributed by atoms with van der Waals surface area (Å²) in [5, 5.41) is 2.70. The molecule has 0 saturated carbocycles. The van der Waals surface area contributed by atoms with Crippen molar-refractivity contribution in [1.82, 2.24) is 8.87 Å². The highest BCUT2D eigenvalue weighted by Crippen LogP contribution is 2.27. The van der Waals surface area contributed by atoms with Crippen LogP contribution < -0.4 is 11.1 Å². The Morgan fingerprint density at radius 3 is 2.61 bits per heavy atom. The van der Waals surface area contributed by atoms with E-state index in [1.54, 1.807) is 40.7 Å². The van der Waals surface area contributed by atoms with Gasteiger partial charge in [-0.3, -0.25) is 9.36 Å². The topological polar surface area (TPSA) is 102 Å². The molecule has 1 N–H and O–H groups in total. The van der Waals surface area contributed by atoms with Crippen molar-refractivity contribution >= 4 is 32.7 Å². The SMILES string of the molecule is CC[C@@H]1CCCCN1S(=O)(=O)c1ccc(NC(=O)Cn2c(=O)oc3ccccc32)cc1. The highest BCUT2D eigenvalue weighted by Gasteiger charge is 2.32. The maximum absolute atomic E-state index is 13.1. The average molecular weight is 444 g/mol. The van der Waals surface area contributed by atoms with Crippen LogP contribution in [0.15, 0.2) is 62.6 Å². The summed E-state index contributed by atoms with van der Waals surface area (Å²) in [5.74, 6) is -1.02. The molecule has 1 saturated heterocycles. The fraction of sp³-hybridized carbons (Fsp3) is 0.364. The third-order valence-electron chi connectivity index (χ3n) is 5.66. The van der Waals surface area contributed by atoms with Gasteiger partial charge in [0.1, 0.15) is 6.54 Å². The highest BCUT2D eigenvalue weighted by atomic mass is 32.2. The fourth-order valence-corrected chi connectivity index (χ4v) is 5.82. The number of aromatic nitrogens is 1. The molecule has 1 aliphatic rings. The first kappa shape index (κ1) is 21.3. The van der Waals surface area contributed by atoms with Crippen LogP contribution in [0.4, 0.5) is 5.69 Å². The standard InChI is InChI=1S/C22H25N3O5S/c1-2-17-7-5-6-14-25(17)31(28,29)18-12-10-16(11-13-18)23-21(26)15-24-19-8-3-4-9-20(19)30-22(24)27/h3-4,8-13,17H,2,5-7,14-15H2,1H3,(H,23,26)/t17-/m1/s1. The first-order chi connectivity index (χ1) is 14.9. The molecule has 1 amide bonds. The summed E-state index contributed by atoms with van der Waals surface area (Å²) >= 11 is 0. The van der Waals surface area contributed by atoms with E-state index in [2.05, 4.69) is 5.32 Å². The van der Waals surface area contributed by atoms with E-state index in [1.807, 2.05) is 6.92 Å². The molecular formula is C22H25N3O5S. The molecule has 2 aromatic carbocycles. The van der Waals surface area contributed by atoms with Crippen molar-refractivity contribution in [3.8, 4) is 0 Å². The zero-order valence-corrected chi connectivity index (χ0v) is 18.1. The summed E-state index contributed by atoms with van der Waals surface area (Å²) in [4.78, 5) is 24.7. The lowest BCUT2D eigenvalue weighted by Gasteiger charge is -2.34. The van der Waals surface area contributed by atoms with Gasteiger partial charge in [-0.25, -0.2) is 13.2 Å². The molecule has 0 radical (unpaired) electrons. The minimum Gasteiger partial charge on any atom is -0.408 e. The molecule has 2 heterocycles. The number of sulfonamides is 1. The number of hydrogen-bond acceptors (Lipinski definition) is 5. The van der Waals surface area contributed by atoms with E-state index in [1.165, 1.54) is 16.7 Å². The van der Waals surface area contributed by atoms with Crippen LogP contribution in [-0.2, 0) is 21.4 Å². The number of oxazole rings is 1. The molecule has 0 aliphatic carbocycles. The van der Waals surface area contributed by atoms with E-state index in [4.69, 9.17) is 4.42 Å². The number of carbonyl (C=O) groups is 1. The van der Waals surface area contributed by atoms with Crippen molar-refractivity contribution in [1.29, 1.82) is 0 Å². The van der Waals surface area contributed by atoms with Crippen LogP contribution in [0.25, 0.3) is 11.1 Å². The van der Waals surface area contributed by atoms with Crippen molar-refractivity contribution in [2.45, 2.75) is 50.1 Å². The van der Waals surface area contributed by atoms with E-state index >= 15 is 0 Å². The number of nitrogens with one attached hydrogen (secondary N) is 1.